The highest BCUT2D eigenvalue weighted by molar-refractivity contribution is 9.10. The largest absolute Gasteiger partial charge is 0.371 e. The number of benzene rings is 2. The molecule has 0 aliphatic carbocycles. The molecule has 0 saturated carbocycles. The summed E-state index contributed by atoms with van der Waals surface area (Å²) in [5.41, 5.74) is 2.27. The fourth-order valence-electron chi connectivity index (χ4n) is 3.61. The summed E-state index contributed by atoms with van der Waals surface area (Å²) in [7, 11) is 2.14. The lowest BCUT2D eigenvalue weighted by Crippen LogP contribution is -2.43. The van der Waals surface area contributed by atoms with Crippen molar-refractivity contribution in [2.75, 3.05) is 25.0 Å². The first-order valence-electron chi connectivity index (χ1n) is 9.28. The van der Waals surface area contributed by atoms with Crippen molar-refractivity contribution in [3.8, 4) is 11.4 Å². The molecule has 1 aliphatic heterocycles. The molecule has 5 nitrogen and oxygen atoms in total. The summed E-state index contributed by atoms with van der Waals surface area (Å²) in [6.45, 7) is 2.83. The number of piperidine rings is 1. The van der Waals surface area contributed by atoms with Gasteiger partial charge in [-0.2, -0.15) is 4.98 Å². The van der Waals surface area contributed by atoms with Gasteiger partial charge in [0.25, 0.3) is 0 Å². The first-order chi connectivity index (χ1) is 13.2. The molecule has 4 rings (SSSR count). The minimum Gasteiger partial charge on any atom is -0.371 e. The van der Waals surface area contributed by atoms with Crippen molar-refractivity contribution in [1.29, 1.82) is 0 Å². The van der Waals surface area contributed by atoms with Gasteiger partial charge in [-0.3, -0.25) is 4.90 Å². The summed E-state index contributed by atoms with van der Waals surface area (Å²) in [5, 5.41) is 4.14. The van der Waals surface area contributed by atoms with Crippen LogP contribution in [0.4, 0.5) is 5.69 Å². The Kier molecular flexibility index (Phi) is 5.55. The zero-order chi connectivity index (χ0) is 18.6. The van der Waals surface area contributed by atoms with Gasteiger partial charge in [-0.15, -0.1) is 0 Å². The number of rotatable bonds is 5. The van der Waals surface area contributed by atoms with Gasteiger partial charge < -0.3 is 9.42 Å². The molecule has 0 spiro atoms. The maximum Gasteiger partial charge on any atom is 0.241 e. The van der Waals surface area contributed by atoms with Gasteiger partial charge in [0.05, 0.1) is 6.54 Å². The molecular formula is C21H23BrN4O. The van der Waals surface area contributed by atoms with Crippen LogP contribution in [-0.4, -0.2) is 41.2 Å². The fraction of sp³-hybridized carbons (Fsp3) is 0.333. The lowest BCUT2D eigenvalue weighted by molar-refractivity contribution is 0.177. The number of halogens is 1. The average Bonchev–Trinajstić information content (AvgIpc) is 3.17. The Balaban J connectivity index is 1.34. The number of hydrogen-bond donors (Lipinski definition) is 0. The van der Waals surface area contributed by atoms with Crippen LogP contribution in [0.2, 0.25) is 0 Å². The summed E-state index contributed by atoms with van der Waals surface area (Å²) >= 11 is 3.48. The van der Waals surface area contributed by atoms with Gasteiger partial charge in [0.2, 0.25) is 11.7 Å². The second kappa shape index (κ2) is 8.23. The van der Waals surface area contributed by atoms with Gasteiger partial charge in [-0.25, -0.2) is 0 Å². The molecule has 0 N–H and O–H groups in total. The molecular weight excluding hydrogens is 404 g/mol. The first kappa shape index (κ1) is 18.2. The molecule has 6 heteroatoms. The quantitative estimate of drug-likeness (QED) is 0.596. The molecule has 0 radical (unpaired) electrons. The molecule has 140 valence electrons. The van der Waals surface area contributed by atoms with Crippen molar-refractivity contribution in [1.82, 2.24) is 15.0 Å². The maximum atomic E-state index is 5.48. The van der Waals surface area contributed by atoms with E-state index in [4.69, 9.17) is 4.52 Å². The van der Waals surface area contributed by atoms with Gasteiger partial charge >= 0.3 is 0 Å². The Morgan fingerprint density at radius 1 is 1.11 bits per heavy atom. The van der Waals surface area contributed by atoms with E-state index in [0.717, 1.165) is 36.0 Å². The molecule has 2 aromatic carbocycles. The topological polar surface area (TPSA) is 45.4 Å². The lowest BCUT2D eigenvalue weighted by atomic mass is 10.0. The first-order valence-corrected chi connectivity index (χ1v) is 10.1. The van der Waals surface area contributed by atoms with Crippen molar-refractivity contribution in [3.05, 3.63) is 65.0 Å². The third kappa shape index (κ3) is 4.39. The third-order valence-electron chi connectivity index (χ3n) is 5.14. The van der Waals surface area contributed by atoms with E-state index in [1.54, 1.807) is 0 Å². The highest BCUT2D eigenvalue weighted by Crippen LogP contribution is 2.24. The molecule has 27 heavy (non-hydrogen) atoms. The van der Waals surface area contributed by atoms with Crippen molar-refractivity contribution in [3.63, 3.8) is 0 Å². The molecule has 1 saturated heterocycles. The SMILES string of the molecule is CN(Cc1nc(-c2cccc(Br)c2)no1)C1CCN(c2ccccc2)CC1. The van der Waals surface area contributed by atoms with Crippen LogP contribution in [0.5, 0.6) is 0 Å². The summed E-state index contributed by atoms with van der Waals surface area (Å²) in [4.78, 5) is 9.36. The Morgan fingerprint density at radius 3 is 2.63 bits per heavy atom. The molecule has 0 bridgehead atoms. The maximum absolute atomic E-state index is 5.48. The molecule has 1 aliphatic rings. The Labute approximate surface area is 168 Å². The smallest absolute Gasteiger partial charge is 0.241 e. The van der Waals surface area contributed by atoms with E-state index in [9.17, 15) is 0 Å². The second-order valence-corrected chi connectivity index (χ2v) is 7.91. The molecule has 3 aromatic rings. The molecule has 1 aromatic heterocycles. The predicted octanol–water partition coefficient (Wildman–Crippen LogP) is 4.60. The molecule has 0 amide bonds. The monoisotopic (exact) mass is 426 g/mol. The average molecular weight is 427 g/mol. The van der Waals surface area contributed by atoms with E-state index in [2.05, 4.69) is 73.2 Å². The van der Waals surface area contributed by atoms with Crippen molar-refractivity contribution in [2.45, 2.75) is 25.4 Å². The van der Waals surface area contributed by atoms with Crippen molar-refractivity contribution < 1.29 is 4.52 Å². The molecule has 2 heterocycles. The minimum atomic E-state index is 0.534. The van der Waals surface area contributed by atoms with Crippen LogP contribution < -0.4 is 4.90 Å². The fourth-order valence-corrected chi connectivity index (χ4v) is 4.01. The van der Waals surface area contributed by atoms with E-state index in [-0.39, 0.29) is 0 Å². The number of nitrogens with zero attached hydrogens (tertiary/aromatic N) is 4. The van der Waals surface area contributed by atoms with Crippen LogP contribution >= 0.6 is 15.9 Å². The Bertz CT molecular complexity index is 875. The van der Waals surface area contributed by atoms with E-state index in [0.29, 0.717) is 24.3 Å². The van der Waals surface area contributed by atoms with Gasteiger partial charge in [0.15, 0.2) is 0 Å². The number of anilines is 1. The lowest BCUT2D eigenvalue weighted by Gasteiger charge is -2.37. The highest BCUT2D eigenvalue weighted by Gasteiger charge is 2.24. The van der Waals surface area contributed by atoms with E-state index < -0.39 is 0 Å². The highest BCUT2D eigenvalue weighted by atomic mass is 79.9. The number of hydrogen-bond acceptors (Lipinski definition) is 5. The second-order valence-electron chi connectivity index (χ2n) is 6.99. The van der Waals surface area contributed by atoms with Crippen LogP contribution in [-0.2, 0) is 6.54 Å². The van der Waals surface area contributed by atoms with Crippen LogP contribution in [0.1, 0.15) is 18.7 Å². The molecule has 1 fully saturated rings. The summed E-state index contributed by atoms with van der Waals surface area (Å²) < 4.78 is 6.49. The number of aromatic nitrogens is 2. The third-order valence-corrected chi connectivity index (χ3v) is 5.64. The van der Waals surface area contributed by atoms with Crippen LogP contribution in [0, 0.1) is 0 Å². The van der Waals surface area contributed by atoms with E-state index in [1.165, 1.54) is 5.69 Å². The van der Waals surface area contributed by atoms with Gasteiger partial charge in [-0.1, -0.05) is 51.4 Å². The zero-order valence-corrected chi connectivity index (χ0v) is 17.0. The summed E-state index contributed by atoms with van der Waals surface area (Å²) in [6.07, 6.45) is 2.27. The van der Waals surface area contributed by atoms with E-state index >= 15 is 0 Å². The van der Waals surface area contributed by atoms with Crippen LogP contribution in [0.25, 0.3) is 11.4 Å². The summed E-state index contributed by atoms with van der Waals surface area (Å²) in [5.74, 6) is 1.30. The zero-order valence-electron chi connectivity index (χ0n) is 15.4. The Hall–Kier alpha value is -2.18. The van der Waals surface area contributed by atoms with Crippen molar-refractivity contribution in [2.24, 2.45) is 0 Å². The van der Waals surface area contributed by atoms with E-state index in [1.807, 2.05) is 24.3 Å². The van der Waals surface area contributed by atoms with Gasteiger partial charge in [0.1, 0.15) is 0 Å². The van der Waals surface area contributed by atoms with Crippen LogP contribution in [0.3, 0.4) is 0 Å². The standard InChI is InChI=1S/C21H23BrN4O/c1-25(18-10-12-26(13-11-18)19-8-3-2-4-9-19)15-20-23-21(24-27-20)16-6-5-7-17(22)14-16/h2-9,14,18H,10-13,15H2,1H3. The van der Waals surface area contributed by atoms with Crippen molar-refractivity contribution >= 4 is 21.6 Å². The van der Waals surface area contributed by atoms with Gasteiger partial charge in [-0.05, 0) is 44.2 Å². The number of para-hydroxylation sites is 1. The summed E-state index contributed by atoms with van der Waals surface area (Å²) in [6, 6.07) is 19.1. The minimum absolute atomic E-state index is 0.534. The Morgan fingerprint density at radius 2 is 1.89 bits per heavy atom. The molecule has 0 unspecified atom stereocenters. The van der Waals surface area contributed by atoms with Gasteiger partial charge in [0, 0.05) is 34.9 Å². The normalized spacial score (nSPS) is 15.4. The predicted molar refractivity (Wildman–Crippen MR) is 111 cm³/mol. The van der Waals surface area contributed by atoms with Crippen LogP contribution in [0.15, 0.2) is 63.6 Å². The molecule has 0 atom stereocenters.